The summed E-state index contributed by atoms with van der Waals surface area (Å²) in [5.74, 6) is 5.82. The second kappa shape index (κ2) is 21.5. The lowest BCUT2D eigenvalue weighted by molar-refractivity contribution is 0.000359. The average molecular weight is 1230 g/mol. The summed E-state index contributed by atoms with van der Waals surface area (Å²) in [5.41, 5.74) is 19.4. The predicted molar refractivity (Wildman–Crippen MR) is 374 cm³/mol. The molecule has 0 unspecified atom stereocenters. The number of thiocarbonyl (C=S) groups is 1. The van der Waals surface area contributed by atoms with Crippen molar-refractivity contribution in [2.45, 2.75) is 193 Å². The van der Waals surface area contributed by atoms with Crippen LogP contribution in [0.25, 0.3) is 75.6 Å². The molecule has 1 aromatic heterocycles. The van der Waals surface area contributed by atoms with Crippen LogP contribution in [0.4, 0.5) is 10.8 Å². The molecule has 440 valence electrons. The largest absolute Gasteiger partial charge is 0.356 e. The number of nitrogens with zero attached hydrogens (tertiary/aromatic N) is 2. The summed E-state index contributed by atoms with van der Waals surface area (Å²) in [6.07, 6.45) is 17.0. The number of benzene rings is 8. The number of anilines is 1. The first-order valence-corrected chi connectivity index (χ1v) is 34.1. The minimum atomic E-state index is 0.0587. The Morgan fingerprint density at radius 3 is 1.36 bits per heavy atom. The number of aliphatic imine (C=N–C) groups is 1. The molecule has 0 spiro atoms. The standard InChI is InChI=1S/C39H44N2S.C29H28BrNS.C10H17N/c1-37(2,3)28-12-13-30-27(18-28)17-26-10-11-29(38(4,5)6)19-32(26)34(30)31-8-7-9-33-35(31)40-36(42-33)41-39-20-23-14-24(21-39)16-25(15-23)22-39;1-28(2,3)20-12-13-22-19(15-20)14-18-10-11-21(29(4,5)6)16-24(18)26(22)23-8-7-9-25(30)27(23)31-17-32;11-10-4-7-1-8(5-10)3-9(2-7)6-10/h7-13,17-19,23-25H,14-16,20-22H2,1-6H3,(H,40,41);7-16H,1-6H3;7-9H,1-6,11H2. The Labute approximate surface area is 524 Å². The molecule has 8 saturated carbocycles. The minimum absolute atomic E-state index is 0.0587. The van der Waals surface area contributed by atoms with Gasteiger partial charge in [0.1, 0.15) is 0 Å². The predicted octanol–water partition coefficient (Wildman–Crippen LogP) is 22.9. The average Bonchev–Trinajstić information content (AvgIpc) is 1.89. The van der Waals surface area contributed by atoms with Gasteiger partial charge in [-0.15, -0.1) is 0 Å². The third-order valence-corrected chi connectivity index (χ3v) is 22.6. The molecule has 3 N–H and O–H groups in total. The van der Waals surface area contributed by atoms with Gasteiger partial charge in [0.15, 0.2) is 5.13 Å². The maximum Gasteiger partial charge on any atom is 0.184 e. The van der Waals surface area contributed by atoms with E-state index in [0.29, 0.717) is 5.54 Å². The van der Waals surface area contributed by atoms with Crippen molar-refractivity contribution in [2.75, 3.05) is 5.32 Å². The van der Waals surface area contributed by atoms with Crippen LogP contribution in [-0.2, 0) is 21.7 Å². The van der Waals surface area contributed by atoms with E-state index in [0.717, 1.165) is 61.9 Å². The van der Waals surface area contributed by atoms with E-state index < -0.39 is 0 Å². The number of aromatic nitrogens is 1. The highest BCUT2D eigenvalue weighted by Gasteiger charge is 2.52. The van der Waals surface area contributed by atoms with Gasteiger partial charge in [-0.1, -0.05) is 179 Å². The number of nitrogens with two attached hydrogens (primary N) is 1. The van der Waals surface area contributed by atoms with E-state index in [1.54, 1.807) is 0 Å². The quantitative estimate of drug-likeness (QED) is 0.102. The normalized spacial score (nSPS) is 25.1. The topological polar surface area (TPSA) is 63.3 Å². The molecule has 0 aliphatic heterocycles. The van der Waals surface area contributed by atoms with Crippen LogP contribution in [0.1, 0.15) is 182 Å². The Morgan fingerprint density at radius 2 is 0.918 bits per heavy atom. The van der Waals surface area contributed by atoms with Crippen molar-refractivity contribution in [3.05, 3.63) is 148 Å². The van der Waals surface area contributed by atoms with Gasteiger partial charge in [0, 0.05) is 26.7 Å². The molecule has 0 saturated heterocycles. The van der Waals surface area contributed by atoms with E-state index in [-0.39, 0.29) is 27.2 Å². The third kappa shape index (κ3) is 11.5. The van der Waals surface area contributed by atoms with Gasteiger partial charge >= 0.3 is 0 Å². The molecule has 8 aliphatic rings. The number of rotatable bonds is 5. The smallest absolute Gasteiger partial charge is 0.184 e. The number of para-hydroxylation sites is 2. The second-order valence-corrected chi connectivity index (χ2v) is 33.9. The number of nitrogens with one attached hydrogen (secondary N) is 1. The van der Waals surface area contributed by atoms with Gasteiger partial charge in [-0.05, 0) is 275 Å². The van der Waals surface area contributed by atoms with Crippen LogP contribution in [0.3, 0.4) is 0 Å². The fourth-order valence-corrected chi connectivity index (χ4v) is 19.0. The van der Waals surface area contributed by atoms with Crippen molar-refractivity contribution in [2.24, 2.45) is 46.2 Å². The highest BCUT2D eigenvalue weighted by atomic mass is 79.9. The van der Waals surface area contributed by atoms with Gasteiger partial charge < -0.3 is 11.1 Å². The molecule has 0 amide bonds. The van der Waals surface area contributed by atoms with Crippen LogP contribution in [-0.4, -0.2) is 21.2 Å². The van der Waals surface area contributed by atoms with Crippen LogP contribution in [0.15, 0.2) is 131 Å². The van der Waals surface area contributed by atoms with Gasteiger partial charge in [-0.3, -0.25) is 0 Å². The third-order valence-electron chi connectivity index (χ3n) is 21.0. The summed E-state index contributed by atoms with van der Waals surface area (Å²) >= 11 is 10.5. The first-order valence-electron chi connectivity index (χ1n) is 32.0. The maximum atomic E-state index is 6.32. The molecule has 17 rings (SSSR count). The number of fused-ring (bicyclic) bond motifs is 5. The van der Waals surface area contributed by atoms with Gasteiger partial charge in [0.2, 0.25) is 0 Å². The summed E-state index contributed by atoms with van der Waals surface area (Å²) in [4.78, 5) is 9.86. The van der Waals surface area contributed by atoms with E-state index in [1.165, 1.54) is 164 Å². The summed E-state index contributed by atoms with van der Waals surface area (Å²) in [7, 11) is 0. The van der Waals surface area contributed by atoms with E-state index >= 15 is 0 Å². The molecule has 4 nitrogen and oxygen atoms in total. The Kier molecular flexibility index (Phi) is 14.9. The molecule has 9 aromatic rings. The molecular formula is C78H89BrN4S2. The van der Waals surface area contributed by atoms with Crippen molar-refractivity contribution in [1.29, 1.82) is 0 Å². The van der Waals surface area contributed by atoms with Crippen LogP contribution >= 0.6 is 39.5 Å². The highest BCUT2D eigenvalue weighted by molar-refractivity contribution is 9.10. The number of halogens is 1. The first kappa shape index (κ1) is 58.7. The van der Waals surface area contributed by atoms with E-state index in [4.69, 9.17) is 22.9 Å². The lowest BCUT2D eigenvalue weighted by Gasteiger charge is -2.56. The van der Waals surface area contributed by atoms with E-state index in [1.807, 2.05) is 17.4 Å². The van der Waals surface area contributed by atoms with Crippen molar-refractivity contribution in [3.63, 3.8) is 0 Å². The lowest BCUT2D eigenvalue weighted by Crippen LogP contribution is -2.55. The second-order valence-electron chi connectivity index (χ2n) is 31.9. The zero-order valence-corrected chi connectivity index (χ0v) is 55.9. The molecular weight excluding hydrogens is 1140 g/mol. The van der Waals surface area contributed by atoms with Crippen LogP contribution in [0, 0.1) is 35.5 Å². The van der Waals surface area contributed by atoms with Gasteiger partial charge in [0.05, 0.1) is 21.1 Å². The molecule has 0 radical (unpaired) electrons. The molecule has 8 aliphatic carbocycles. The van der Waals surface area contributed by atoms with Crippen molar-refractivity contribution in [3.8, 4) is 22.3 Å². The molecule has 7 heteroatoms. The molecule has 8 bridgehead atoms. The minimum Gasteiger partial charge on any atom is -0.356 e. The lowest BCUT2D eigenvalue weighted by atomic mass is 9.53. The van der Waals surface area contributed by atoms with Crippen LogP contribution < -0.4 is 11.1 Å². The summed E-state index contributed by atoms with van der Waals surface area (Å²) in [5, 5.41) is 18.0. The SMILES string of the molecule is CC(C)(C)c1ccc2c(-c3cccc(Br)c3N=C=S)c3cc(C(C)(C)C)ccc3cc2c1.CC(C)(C)c1ccc2c(-c3cccc4sc(NC56CC7CC(CC(C7)C5)C6)nc34)c3cc(C(C)(C)C)ccc3cc2c1.NC12CC3CC(CC(C3)C1)C2. The molecule has 8 fully saturated rings. The van der Waals surface area contributed by atoms with Gasteiger partial charge in [-0.25, -0.2) is 4.98 Å². The fourth-order valence-electron chi connectivity index (χ4n) is 17.4. The highest BCUT2D eigenvalue weighted by Crippen LogP contribution is 2.58. The van der Waals surface area contributed by atoms with Gasteiger partial charge in [0.25, 0.3) is 0 Å². The van der Waals surface area contributed by atoms with Gasteiger partial charge in [-0.2, -0.15) is 4.99 Å². The summed E-state index contributed by atoms with van der Waals surface area (Å²) in [6, 6.07) is 45.7. The number of hydrogen-bond acceptors (Lipinski definition) is 6. The number of hydrogen-bond donors (Lipinski definition) is 2. The number of thiazole rings is 1. The monoisotopic (exact) mass is 1220 g/mol. The van der Waals surface area contributed by atoms with Crippen molar-refractivity contribution >= 4 is 109 Å². The summed E-state index contributed by atoms with van der Waals surface area (Å²) < 4.78 is 2.19. The molecule has 0 atom stereocenters. The molecule has 1 heterocycles. The van der Waals surface area contributed by atoms with Crippen LogP contribution in [0.2, 0.25) is 0 Å². The van der Waals surface area contributed by atoms with E-state index in [9.17, 15) is 0 Å². The molecule has 8 aromatic carbocycles. The number of isothiocyanates is 1. The van der Waals surface area contributed by atoms with Crippen molar-refractivity contribution < 1.29 is 0 Å². The Hall–Kier alpha value is -5.27. The Morgan fingerprint density at radius 1 is 0.506 bits per heavy atom. The Bertz CT molecular complexity index is 4080. The maximum absolute atomic E-state index is 6.32. The fraction of sp³-hybridized carbons (Fsp3) is 0.462. The Balaban J connectivity index is 0.000000137. The van der Waals surface area contributed by atoms with Crippen LogP contribution in [0.5, 0.6) is 0 Å². The van der Waals surface area contributed by atoms with E-state index in [2.05, 4.69) is 230 Å². The van der Waals surface area contributed by atoms with Crippen molar-refractivity contribution in [1.82, 2.24) is 4.98 Å². The first-order chi connectivity index (χ1) is 40.2. The molecule has 85 heavy (non-hydrogen) atoms. The zero-order chi connectivity index (χ0) is 59.8. The summed E-state index contributed by atoms with van der Waals surface area (Å²) in [6.45, 7) is 27.4. The zero-order valence-electron chi connectivity index (χ0n) is 52.7.